The minimum Gasteiger partial charge on any atom is -0.380 e. The SMILES string of the molecule is COC1CCN(CC(=O)Nc2nc3ccc(Sc4nnc5ccc(C6CC6)nn45)cc3s2)C1. The van der Waals surface area contributed by atoms with E-state index in [0.717, 1.165) is 51.1 Å². The van der Waals surface area contributed by atoms with Gasteiger partial charge in [0.1, 0.15) is 0 Å². The van der Waals surface area contributed by atoms with Crippen LogP contribution in [-0.4, -0.2) is 68.5 Å². The average Bonchev–Trinajstić information content (AvgIpc) is 3.25. The molecule has 2 fully saturated rings. The summed E-state index contributed by atoms with van der Waals surface area (Å²) in [6, 6.07) is 10.1. The van der Waals surface area contributed by atoms with Crippen LogP contribution in [0.1, 0.15) is 30.9 Å². The number of aromatic nitrogens is 5. The van der Waals surface area contributed by atoms with Crippen molar-refractivity contribution in [1.82, 2.24) is 29.7 Å². The molecule has 33 heavy (non-hydrogen) atoms. The molecule has 11 heteroatoms. The highest BCUT2D eigenvalue weighted by Crippen LogP contribution is 2.39. The molecule has 1 saturated carbocycles. The highest BCUT2D eigenvalue weighted by molar-refractivity contribution is 7.99. The molecule has 4 heterocycles. The number of benzene rings is 1. The summed E-state index contributed by atoms with van der Waals surface area (Å²) in [4.78, 5) is 20.2. The lowest BCUT2D eigenvalue weighted by Crippen LogP contribution is -2.32. The maximum Gasteiger partial charge on any atom is 0.240 e. The predicted molar refractivity (Wildman–Crippen MR) is 127 cm³/mol. The van der Waals surface area contributed by atoms with Gasteiger partial charge in [-0.2, -0.15) is 9.61 Å². The number of amides is 1. The molecule has 1 saturated heterocycles. The molecule has 0 bridgehead atoms. The van der Waals surface area contributed by atoms with Crippen molar-refractivity contribution in [3.63, 3.8) is 0 Å². The standard InChI is InChI=1S/C22H23N7O2S2/c1-31-14-8-9-28(11-14)12-20(30)24-21-23-17-5-4-15(10-18(17)33-21)32-22-26-25-19-7-6-16(13-2-3-13)27-29(19)22/h4-7,10,13-14H,2-3,8-9,11-12H2,1H3,(H,23,24,30). The average molecular weight is 482 g/mol. The number of methoxy groups -OCH3 is 1. The Morgan fingerprint density at radius 3 is 2.97 bits per heavy atom. The molecule has 0 spiro atoms. The molecular weight excluding hydrogens is 458 g/mol. The quantitative estimate of drug-likeness (QED) is 0.429. The number of carbonyl (C=O) groups is 1. The fraction of sp³-hybridized carbons (Fsp3) is 0.409. The Hall–Kier alpha value is -2.60. The van der Waals surface area contributed by atoms with E-state index in [-0.39, 0.29) is 12.0 Å². The molecule has 1 aliphatic heterocycles. The third-order valence-corrected chi connectivity index (χ3v) is 7.86. The zero-order valence-electron chi connectivity index (χ0n) is 18.1. The van der Waals surface area contributed by atoms with Crippen molar-refractivity contribution in [2.24, 2.45) is 0 Å². The lowest BCUT2D eigenvalue weighted by atomic mass is 10.3. The van der Waals surface area contributed by atoms with Gasteiger partial charge in [-0.15, -0.1) is 10.2 Å². The summed E-state index contributed by atoms with van der Waals surface area (Å²) < 4.78 is 8.21. The first-order chi connectivity index (χ1) is 16.1. The van der Waals surface area contributed by atoms with Crippen LogP contribution in [0.3, 0.4) is 0 Å². The van der Waals surface area contributed by atoms with Crippen LogP contribution in [0.4, 0.5) is 5.13 Å². The Kier molecular flexibility index (Phi) is 5.49. The number of anilines is 1. The summed E-state index contributed by atoms with van der Waals surface area (Å²) in [6.07, 6.45) is 3.59. The van der Waals surface area contributed by atoms with Gasteiger partial charge in [0.15, 0.2) is 10.8 Å². The highest BCUT2D eigenvalue weighted by atomic mass is 32.2. The van der Waals surface area contributed by atoms with Gasteiger partial charge in [-0.25, -0.2) is 4.98 Å². The molecule has 2 aliphatic rings. The number of nitrogens with zero attached hydrogens (tertiary/aromatic N) is 6. The molecule has 9 nitrogen and oxygen atoms in total. The third kappa shape index (κ3) is 4.45. The van der Waals surface area contributed by atoms with E-state index in [1.807, 2.05) is 22.7 Å². The molecule has 1 unspecified atom stereocenters. The van der Waals surface area contributed by atoms with Crippen molar-refractivity contribution in [2.45, 2.75) is 41.3 Å². The molecule has 1 N–H and O–H groups in total. The van der Waals surface area contributed by atoms with Crippen LogP contribution in [-0.2, 0) is 9.53 Å². The van der Waals surface area contributed by atoms with E-state index in [1.54, 1.807) is 7.11 Å². The number of rotatable bonds is 7. The van der Waals surface area contributed by atoms with Crippen molar-refractivity contribution in [3.05, 3.63) is 36.0 Å². The van der Waals surface area contributed by atoms with E-state index in [2.05, 4.69) is 37.5 Å². The van der Waals surface area contributed by atoms with Crippen LogP contribution in [0.5, 0.6) is 0 Å². The molecule has 0 radical (unpaired) electrons. The molecule has 3 aromatic heterocycles. The highest BCUT2D eigenvalue weighted by Gasteiger charge is 2.26. The number of nitrogens with one attached hydrogen (secondary N) is 1. The van der Waals surface area contributed by atoms with E-state index in [1.165, 1.54) is 35.9 Å². The summed E-state index contributed by atoms with van der Waals surface area (Å²) in [5.74, 6) is 0.525. The van der Waals surface area contributed by atoms with E-state index in [0.29, 0.717) is 17.6 Å². The number of carbonyl (C=O) groups excluding carboxylic acids is 1. The summed E-state index contributed by atoms with van der Waals surface area (Å²) in [7, 11) is 1.72. The summed E-state index contributed by atoms with van der Waals surface area (Å²) in [5.41, 5.74) is 2.72. The fourth-order valence-corrected chi connectivity index (χ4v) is 5.89. The Bertz CT molecular complexity index is 1330. The Morgan fingerprint density at radius 2 is 2.15 bits per heavy atom. The van der Waals surface area contributed by atoms with E-state index < -0.39 is 0 Å². The molecular formula is C22H23N7O2S2. The molecule has 4 aromatic rings. The topological polar surface area (TPSA) is 97.5 Å². The summed E-state index contributed by atoms with van der Waals surface area (Å²) in [6.45, 7) is 2.02. The number of fused-ring (bicyclic) bond motifs is 2. The van der Waals surface area contributed by atoms with Crippen LogP contribution >= 0.6 is 23.1 Å². The maximum atomic E-state index is 12.5. The fourth-order valence-electron chi connectivity index (χ4n) is 4.07. The van der Waals surface area contributed by atoms with E-state index >= 15 is 0 Å². The lowest BCUT2D eigenvalue weighted by molar-refractivity contribution is -0.117. The van der Waals surface area contributed by atoms with Crippen molar-refractivity contribution < 1.29 is 9.53 Å². The van der Waals surface area contributed by atoms with Crippen molar-refractivity contribution in [3.8, 4) is 0 Å². The Labute approximate surface area is 198 Å². The smallest absolute Gasteiger partial charge is 0.240 e. The van der Waals surface area contributed by atoms with Gasteiger partial charge in [-0.3, -0.25) is 9.69 Å². The van der Waals surface area contributed by atoms with Crippen molar-refractivity contribution >= 4 is 50.0 Å². The zero-order chi connectivity index (χ0) is 22.4. The molecule has 170 valence electrons. The van der Waals surface area contributed by atoms with Gasteiger partial charge in [0.25, 0.3) is 0 Å². The maximum absolute atomic E-state index is 12.5. The first-order valence-electron chi connectivity index (χ1n) is 11.0. The van der Waals surface area contributed by atoms with E-state index in [9.17, 15) is 4.79 Å². The van der Waals surface area contributed by atoms with Gasteiger partial charge in [-0.1, -0.05) is 11.3 Å². The number of thiazole rings is 1. The van der Waals surface area contributed by atoms with Crippen LogP contribution < -0.4 is 5.32 Å². The molecule has 1 aliphatic carbocycles. The molecule has 1 amide bonds. The first-order valence-corrected chi connectivity index (χ1v) is 12.6. The second-order valence-corrected chi connectivity index (χ2v) is 10.5. The number of ether oxygens (including phenoxy) is 1. The van der Waals surface area contributed by atoms with Crippen molar-refractivity contribution in [1.29, 1.82) is 0 Å². The van der Waals surface area contributed by atoms with Gasteiger partial charge in [0.2, 0.25) is 11.1 Å². The van der Waals surface area contributed by atoms with Crippen molar-refractivity contribution in [2.75, 3.05) is 32.1 Å². The van der Waals surface area contributed by atoms with Crippen LogP contribution in [0.2, 0.25) is 0 Å². The second-order valence-electron chi connectivity index (χ2n) is 8.47. The first kappa shape index (κ1) is 21.0. The zero-order valence-corrected chi connectivity index (χ0v) is 19.7. The normalized spacial score (nSPS) is 19.0. The Morgan fingerprint density at radius 1 is 1.24 bits per heavy atom. The number of likely N-dealkylation sites (tertiary alicyclic amines) is 1. The second kappa shape index (κ2) is 8.64. The molecule has 6 rings (SSSR count). The summed E-state index contributed by atoms with van der Waals surface area (Å²) in [5, 5.41) is 17.6. The minimum atomic E-state index is -0.0483. The summed E-state index contributed by atoms with van der Waals surface area (Å²) >= 11 is 3.00. The van der Waals surface area contributed by atoms with Gasteiger partial charge in [-0.05, 0) is 61.4 Å². The third-order valence-electron chi connectivity index (χ3n) is 6.00. The monoisotopic (exact) mass is 481 g/mol. The minimum absolute atomic E-state index is 0.0483. The van der Waals surface area contributed by atoms with Crippen LogP contribution in [0, 0.1) is 0 Å². The largest absolute Gasteiger partial charge is 0.380 e. The Balaban J connectivity index is 1.16. The molecule has 1 atom stereocenters. The van der Waals surface area contributed by atoms with Gasteiger partial charge in [0, 0.05) is 31.0 Å². The van der Waals surface area contributed by atoms with Gasteiger partial charge < -0.3 is 10.1 Å². The van der Waals surface area contributed by atoms with Crippen LogP contribution in [0.25, 0.3) is 15.9 Å². The van der Waals surface area contributed by atoms with E-state index in [4.69, 9.17) is 9.84 Å². The van der Waals surface area contributed by atoms with Gasteiger partial charge in [0.05, 0.1) is 28.6 Å². The number of hydrogen-bond donors (Lipinski definition) is 1. The lowest BCUT2D eigenvalue weighted by Gasteiger charge is -2.14. The van der Waals surface area contributed by atoms with Crippen LogP contribution in [0.15, 0.2) is 40.4 Å². The predicted octanol–water partition coefficient (Wildman–Crippen LogP) is 3.42. The molecule has 1 aromatic carbocycles. The van der Waals surface area contributed by atoms with Gasteiger partial charge >= 0.3 is 0 Å². The number of hydrogen-bond acceptors (Lipinski definition) is 9.